The standard InChI is InChI=1S/C9H13N3O2/c1-6(12-14)7-2-4-8(5-3-7)11-9(10)13/h2-6,12,14H,1H3,(H3,10,11,13). The SMILES string of the molecule is CC(NO)c1ccc(NC(N)=O)cc1. The van der Waals surface area contributed by atoms with Gasteiger partial charge in [-0.1, -0.05) is 12.1 Å². The van der Waals surface area contributed by atoms with Gasteiger partial charge >= 0.3 is 6.03 Å². The molecule has 1 atom stereocenters. The van der Waals surface area contributed by atoms with E-state index >= 15 is 0 Å². The Hall–Kier alpha value is -1.59. The van der Waals surface area contributed by atoms with Crippen LogP contribution in [0.5, 0.6) is 0 Å². The molecule has 0 bridgehead atoms. The molecule has 14 heavy (non-hydrogen) atoms. The first-order chi connectivity index (χ1) is 6.63. The maximum Gasteiger partial charge on any atom is 0.316 e. The van der Waals surface area contributed by atoms with Crippen LogP contribution in [0.15, 0.2) is 24.3 Å². The van der Waals surface area contributed by atoms with Crippen molar-refractivity contribution in [3.05, 3.63) is 29.8 Å². The molecule has 1 aromatic rings. The molecule has 0 aliphatic rings. The molecule has 0 saturated heterocycles. The second-order valence-corrected chi connectivity index (χ2v) is 2.96. The van der Waals surface area contributed by atoms with E-state index in [0.29, 0.717) is 5.69 Å². The average Bonchev–Trinajstić information content (AvgIpc) is 2.17. The first kappa shape index (κ1) is 10.5. The molecule has 5 N–H and O–H groups in total. The summed E-state index contributed by atoms with van der Waals surface area (Å²) in [5, 5.41) is 11.1. The largest absolute Gasteiger partial charge is 0.351 e. The van der Waals surface area contributed by atoms with E-state index in [1.54, 1.807) is 24.3 Å². The first-order valence-electron chi connectivity index (χ1n) is 4.19. The fraction of sp³-hybridized carbons (Fsp3) is 0.222. The molecular formula is C9H13N3O2. The number of nitrogens with one attached hydrogen (secondary N) is 2. The number of amides is 2. The lowest BCUT2D eigenvalue weighted by Gasteiger charge is -2.09. The second-order valence-electron chi connectivity index (χ2n) is 2.96. The van der Waals surface area contributed by atoms with Gasteiger partial charge in [-0.05, 0) is 24.6 Å². The van der Waals surface area contributed by atoms with Crippen molar-refractivity contribution in [3.63, 3.8) is 0 Å². The number of carbonyl (C=O) groups is 1. The molecular weight excluding hydrogens is 182 g/mol. The molecule has 0 saturated carbocycles. The van der Waals surface area contributed by atoms with Gasteiger partial charge in [-0.3, -0.25) is 0 Å². The summed E-state index contributed by atoms with van der Waals surface area (Å²) in [6.45, 7) is 1.82. The third-order valence-electron chi connectivity index (χ3n) is 1.87. The highest BCUT2D eigenvalue weighted by molar-refractivity contribution is 5.87. The maximum absolute atomic E-state index is 10.5. The number of hydrogen-bond acceptors (Lipinski definition) is 3. The molecule has 0 aliphatic heterocycles. The van der Waals surface area contributed by atoms with Gasteiger partial charge in [-0.25, -0.2) is 4.79 Å². The fourth-order valence-corrected chi connectivity index (χ4v) is 1.07. The van der Waals surface area contributed by atoms with Gasteiger partial charge in [0.15, 0.2) is 0 Å². The number of benzene rings is 1. The van der Waals surface area contributed by atoms with Gasteiger partial charge in [0.1, 0.15) is 0 Å². The molecule has 1 rings (SSSR count). The van der Waals surface area contributed by atoms with E-state index in [9.17, 15) is 4.79 Å². The van der Waals surface area contributed by atoms with Gasteiger partial charge in [0.2, 0.25) is 0 Å². The van der Waals surface area contributed by atoms with Crippen LogP contribution in [0.25, 0.3) is 0 Å². The fourth-order valence-electron chi connectivity index (χ4n) is 1.07. The molecule has 2 amide bonds. The van der Waals surface area contributed by atoms with Crippen LogP contribution in [-0.4, -0.2) is 11.2 Å². The normalized spacial score (nSPS) is 12.1. The highest BCUT2D eigenvalue weighted by atomic mass is 16.5. The number of urea groups is 1. The van der Waals surface area contributed by atoms with Crippen LogP contribution in [-0.2, 0) is 0 Å². The van der Waals surface area contributed by atoms with Crippen LogP contribution in [0, 0.1) is 0 Å². The van der Waals surface area contributed by atoms with Crippen molar-refractivity contribution in [1.29, 1.82) is 0 Å². The van der Waals surface area contributed by atoms with Gasteiger partial charge in [0.25, 0.3) is 0 Å². The Bertz CT molecular complexity index is 310. The minimum absolute atomic E-state index is 0.141. The first-order valence-corrected chi connectivity index (χ1v) is 4.19. The Kier molecular flexibility index (Phi) is 3.44. The van der Waals surface area contributed by atoms with Gasteiger partial charge in [-0.15, -0.1) is 0 Å². The van der Waals surface area contributed by atoms with Gasteiger partial charge in [-0.2, -0.15) is 5.48 Å². The quantitative estimate of drug-likeness (QED) is 0.547. The monoisotopic (exact) mass is 195 g/mol. The van der Waals surface area contributed by atoms with Crippen LogP contribution in [0.2, 0.25) is 0 Å². The van der Waals surface area contributed by atoms with Gasteiger partial charge in [0, 0.05) is 5.69 Å². The van der Waals surface area contributed by atoms with Crippen LogP contribution in [0.4, 0.5) is 10.5 Å². The van der Waals surface area contributed by atoms with Crippen molar-refractivity contribution in [2.45, 2.75) is 13.0 Å². The summed E-state index contributed by atoms with van der Waals surface area (Å²) in [7, 11) is 0. The summed E-state index contributed by atoms with van der Waals surface area (Å²) in [5.41, 5.74) is 8.63. The van der Waals surface area contributed by atoms with Crippen LogP contribution in [0.1, 0.15) is 18.5 Å². The predicted molar refractivity (Wildman–Crippen MR) is 53.0 cm³/mol. The molecule has 0 spiro atoms. The molecule has 5 nitrogen and oxygen atoms in total. The number of hydrogen-bond donors (Lipinski definition) is 4. The molecule has 0 radical (unpaired) electrons. The van der Waals surface area contributed by atoms with Crippen molar-refractivity contribution in [2.24, 2.45) is 5.73 Å². The van der Waals surface area contributed by atoms with E-state index in [4.69, 9.17) is 10.9 Å². The predicted octanol–water partition coefficient (Wildman–Crippen LogP) is 1.22. The highest BCUT2D eigenvalue weighted by Crippen LogP contribution is 2.15. The topological polar surface area (TPSA) is 87.4 Å². The Morgan fingerprint density at radius 1 is 1.43 bits per heavy atom. The maximum atomic E-state index is 10.5. The average molecular weight is 195 g/mol. The summed E-state index contributed by atoms with van der Waals surface area (Å²) in [6, 6.07) is 6.28. The number of anilines is 1. The van der Waals surface area contributed by atoms with Gasteiger partial charge in [0.05, 0.1) is 6.04 Å². The van der Waals surface area contributed by atoms with E-state index < -0.39 is 6.03 Å². The molecule has 0 aliphatic carbocycles. The molecule has 0 fully saturated rings. The zero-order valence-corrected chi connectivity index (χ0v) is 7.82. The van der Waals surface area contributed by atoms with Crippen LogP contribution in [0.3, 0.4) is 0 Å². The van der Waals surface area contributed by atoms with Crippen molar-refractivity contribution in [3.8, 4) is 0 Å². The minimum atomic E-state index is -0.592. The molecule has 76 valence electrons. The summed E-state index contributed by atoms with van der Waals surface area (Å²) >= 11 is 0. The number of hydroxylamine groups is 1. The molecule has 5 heteroatoms. The Morgan fingerprint density at radius 3 is 2.43 bits per heavy atom. The van der Waals surface area contributed by atoms with Crippen molar-refractivity contribution >= 4 is 11.7 Å². The lowest BCUT2D eigenvalue weighted by Crippen LogP contribution is -2.19. The number of nitrogens with two attached hydrogens (primary N) is 1. The van der Waals surface area contributed by atoms with E-state index in [-0.39, 0.29) is 6.04 Å². The smallest absolute Gasteiger partial charge is 0.316 e. The molecule has 0 heterocycles. The summed E-state index contributed by atoms with van der Waals surface area (Å²) in [4.78, 5) is 10.5. The number of rotatable bonds is 3. The zero-order chi connectivity index (χ0) is 10.6. The zero-order valence-electron chi connectivity index (χ0n) is 7.82. The van der Waals surface area contributed by atoms with Crippen LogP contribution < -0.4 is 16.5 Å². The molecule has 0 aromatic heterocycles. The van der Waals surface area contributed by atoms with Gasteiger partial charge < -0.3 is 16.3 Å². The summed E-state index contributed by atoms with van der Waals surface area (Å²) in [5.74, 6) is 0. The second kappa shape index (κ2) is 4.59. The lowest BCUT2D eigenvalue weighted by atomic mass is 10.1. The Labute approximate surface area is 81.9 Å². The lowest BCUT2D eigenvalue weighted by molar-refractivity contribution is 0.133. The number of carbonyl (C=O) groups excluding carboxylic acids is 1. The van der Waals surface area contributed by atoms with E-state index in [2.05, 4.69) is 10.8 Å². The van der Waals surface area contributed by atoms with Crippen molar-refractivity contribution < 1.29 is 10.0 Å². The van der Waals surface area contributed by atoms with E-state index in [0.717, 1.165) is 5.56 Å². The van der Waals surface area contributed by atoms with Crippen molar-refractivity contribution in [2.75, 3.05) is 5.32 Å². The van der Waals surface area contributed by atoms with E-state index in [1.165, 1.54) is 0 Å². The Balaban J connectivity index is 2.73. The molecule has 1 unspecified atom stereocenters. The molecule has 1 aromatic carbocycles. The van der Waals surface area contributed by atoms with Crippen LogP contribution >= 0.6 is 0 Å². The third kappa shape index (κ3) is 2.72. The summed E-state index contributed by atoms with van der Waals surface area (Å²) < 4.78 is 0. The minimum Gasteiger partial charge on any atom is -0.351 e. The summed E-state index contributed by atoms with van der Waals surface area (Å²) in [6.07, 6.45) is 0. The highest BCUT2D eigenvalue weighted by Gasteiger charge is 2.02. The number of primary amides is 1. The van der Waals surface area contributed by atoms with E-state index in [1.807, 2.05) is 6.92 Å². The third-order valence-corrected chi connectivity index (χ3v) is 1.87. The van der Waals surface area contributed by atoms with Crippen molar-refractivity contribution in [1.82, 2.24) is 5.48 Å². The Morgan fingerprint density at radius 2 is 2.00 bits per heavy atom.